The van der Waals surface area contributed by atoms with E-state index in [1.165, 1.54) is 12.8 Å². The topological polar surface area (TPSA) is 21.3 Å². The lowest BCUT2D eigenvalue weighted by molar-refractivity contribution is 0.0412. The van der Waals surface area contributed by atoms with Gasteiger partial charge in [0.1, 0.15) is 0 Å². The minimum absolute atomic E-state index is 0.330. The average molecular weight is 201 g/mol. The molecule has 0 aliphatic heterocycles. The second-order valence-corrected chi connectivity index (χ2v) is 4.60. The summed E-state index contributed by atoms with van der Waals surface area (Å²) in [6.45, 7) is 12.8. The van der Waals surface area contributed by atoms with Gasteiger partial charge in [-0.25, -0.2) is 0 Å². The molecule has 2 atom stereocenters. The number of hydrogen-bond donors (Lipinski definition) is 1. The Morgan fingerprint density at radius 3 is 2.29 bits per heavy atom. The van der Waals surface area contributed by atoms with E-state index in [0.29, 0.717) is 18.1 Å². The zero-order chi connectivity index (χ0) is 11.0. The summed E-state index contributed by atoms with van der Waals surface area (Å²) in [5.41, 5.74) is 0. The van der Waals surface area contributed by atoms with Crippen LogP contribution in [0.2, 0.25) is 0 Å². The highest BCUT2D eigenvalue weighted by Gasteiger charge is 2.06. The minimum atomic E-state index is 0.330. The number of rotatable bonds is 8. The first-order valence-corrected chi connectivity index (χ1v) is 5.91. The Bertz CT molecular complexity index is 125. The van der Waals surface area contributed by atoms with E-state index in [4.69, 9.17) is 4.74 Å². The van der Waals surface area contributed by atoms with Gasteiger partial charge in [-0.15, -0.1) is 0 Å². The lowest BCUT2D eigenvalue weighted by Crippen LogP contribution is -2.32. The molecule has 0 saturated heterocycles. The van der Waals surface area contributed by atoms with Crippen LogP contribution in [-0.4, -0.2) is 25.3 Å². The molecule has 86 valence electrons. The molecule has 14 heavy (non-hydrogen) atoms. The van der Waals surface area contributed by atoms with Crippen molar-refractivity contribution in [1.82, 2.24) is 5.32 Å². The maximum absolute atomic E-state index is 5.74. The van der Waals surface area contributed by atoms with E-state index in [2.05, 4.69) is 39.9 Å². The second kappa shape index (κ2) is 8.25. The smallest absolute Gasteiger partial charge is 0.0671 e. The summed E-state index contributed by atoms with van der Waals surface area (Å²) in [6, 6.07) is 0.550. The SMILES string of the molecule is CCCC(C)COC(C)CNC(C)C. The fraction of sp³-hybridized carbons (Fsp3) is 1.00. The molecule has 0 aliphatic carbocycles. The Morgan fingerprint density at radius 2 is 1.79 bits per heavy atom. The highest BCUT2D eigenvalue weighted by molar-refractivity contribution is 4.60. The largest absolute Gasteiger partial charge is 0.377 e. The van der Waals surface area contributed by atoms with E-state index in [9.17, 15) is 0 Å². The summed E-state index contributed by atoms with van der Waals surface area (Å²) < 4.78 is 5.74. The van der Waals surface area contributed by atoms with Gasteiger partial charge in [0.2, 0.25) is 0 Å². The van der Waals surface area contributed by atoms with E-state index in [0.717, 1.165) is 13.2 Å². The molecule has 0 saturated carbocycles. The van der Waals surface area contributed by atoms with Gasteiger partial charge in [0.05, 0.1) is 6.10 Å². The fourth-order valence-electron chi connectivity index (χ4n) is 1.37. The molecule has 2 nitrogen and oxygen atoms in total. The Labute approximate surface area is 89.4 Å². The first-order valence-electron chi connectivity index (χ1n) is 5.91. The molecule has 0 aromatic carbocycles. The molecule has 0 spiro atoms. The predicted molar refractivity (Wildman–Crippen MR) is 62.6 cm³/mol. The van der Waals surface area contributed by atoms with E-state index >= 15 is 0 Å². The molecule has 0 fully saturated rings. The second-order valence-electron chi connectivity index (χ2n) is 4.60. The third kappa shape index (κ3) is 8.52. The third-order valence-corrected chi connectivity index (χ3v) is 2.26. The van der Waals surface area contributed by atoms with Gasteiger partial charge in [-0.2, -0.15) is 0 Å². The lowest BCUT2D eigenvalue weighted by Gasteiger charge is -2.18. The molecule has 1 N–H and O–H groups in total. The Hall–Kier alpha value is -0.0800. The average Bonchev–Trinajstić information content (AvgIpc) is 2.12. The van der Waals surface area contributed by atoms with Crippen molar-refractivity contribution in [2.75, 3.05) is 13.2 Å². The summed E-state index contributed by atoms with van der Waals surface area (Å²) in [4.78, 5) is 0. The van der Waals surface area contributed by atoms with Crippen molar-refractivity contribution in [3.63, 3.8) is 0 Å². The highest BCUT2D eigenvalue weighted by atomic mass is 16.5. The van der Waals surface area contributed by atoms with Crippen molar-refractivity contribution in [2.45, 2.75) is 59.6 Å². The molecule has 2 heteroatoms. The summed E-state index contributed by atoms with van der Waals surface area (Å²) in [7, 11) is 0. The molecule has 2 unspecified atom stereocenters. The first kappa shape index (κ1) is 13.9. The van der Waals surface area contributed by atoms with Crippen molar-refractivity contribution < 1.29 is 4.74 Å². The molecule has 0 bridgehead atoms. The maximum Gasteiger partial charge on any atom is 0.0671 e. The van der Waals surface area contributed by atoms with Crippen LogP contribution in [0.5, 0.6) is 0 Å². The molecule has 0 heterocycles. The van der Waals surface area contributed by atoms with Crippen LogP contribution in [0.25, 0.3) is 0 Å². The van der Waals surface area contributed by atoms with Crippen LogP contribution >= 0.6 is 0 Å². The van der Waals surface area contributed by atoms with Crippen LogP contribution in [-0.2, 0) is 4.74 Å². The summed E-state index contributed by atoms with van der Waals surface area (Å²) in [6.07, 6.45) is 2.85. The quantitative estimate of drug-likeness (QED) is 0.652. The van der Waals surface area contributed by atoms with E-state index in [1.54, 1.807) is 0 Å². The molecular weight excluding hydrogens is 174 g/mol. The fourth-order valence-corrected chi connectivity index (χ4v) is 1.37. The van der Waals surface area contributed by atoms with Crippen LogP contribution in [0, 0.1) is 5.92 Å². The van der Waals surface area contributed by atoms with Gasteiger partial charge in [0.25, 0.3) is 0 Å². The summed E-state index contributed by atoms with van der Waals surface area (Å²) in [5.74, 6) is 0.696. The molecule has 0 radical (unpaired) electrons. The van der Waals surface area contributed by atoms with Crippen LogP contribution in [0.15, 0.2) is 0 Å². The number of nitrogens with one attached hydrogen (secondary N) is 1. The first-order chi connectivity index (χ1) is 6.56. The Balaban J connectivity index is 3.38. The molecule has 0 amide bonds. The lowest BCUT2D eigenvalue weighted by atomic mass is 10.1. The van der Waals surface area contributed by atoms with E-state index in [1.807, 2.05) is 0 Å². The molecular formula is C12H27NO. The zero-order valence-electron chi connectivity index (χ0n) is 10.5. The Morgan fingerprint density at radius 1 is 1.14 bits per heavy atom. The predicted octanol–water partition coefficient (Wildman–Crippen LogP) is 2.83. The van der Waals surface area contributed by atoms with Crippen molar-refractivity contribution in [3.8, 4) is 0 Å². The summed E-state index contributed by atoms with van der Waals surface area (Å²) >= 11 is 0. The maximum atomic E-state index is 5.74. The monoisotopic (exact) mass is 201 g/mol. The molecule has 0 aliphatic rings. The van der Waals surface area contributed by atoms with Crippen molar-refractivity contribution >= 4 is 0 Å². The van der Waals surface area contributed by atoms with Crippen LogP contribution in [0.3, 0.4) is 0 Å². The van der Waals surface area contributed by atoms with Crippen LogP contribution in [0.4, 0.5) is 0 Å². The van der Waals surface area contributed by atoms with Crippen LogP contribution < -0.4 is 5.32 Å². The van der Waals surface area contributed by atoms with Crippen molar-refractivity contribution in [3.05, 3.63) is 0 Å². The highest BCUT2D eigenvalue weighted by Crippen LogP contribution is 2.06. The van der Waals surface area contributed by atoms with Crippen molar-refractivity contribution in [2.24, 2.45) is 5.92 Å². The van der Waals surface area contributed by atoms with Gasteiger partial charge in [0.15, 0.2) is 0 Å². The van der Waals surface area contributed by atoms with Gasteiger partial charge in [-0.3, -0.25) is 0 Å². The van der Waals surface area contributed by atoms with E-state index < -0.39 is 0 Å². The standard InChI is InChI=1S/C12H27NO/c1-6-7-11(4)9-14-12(5)8-13-10(2)3/h10-13H,6-9H2,1-5H3. The molecule has 0 aromatic heterocycles. The number of ether oxygens (including phenoxy) is 1. The van der Waals surface area contributed by atoms with E-state index in [-0.39, 0.29) is 0 Å². The van der Waals surface area contributed by atoms with Gasteiger partial charge >= 0.3 is 0 Å². The molecule has 0 rings (SSSR count). The van der Waals surface area contributed by atoms with Gasteiger partial charge in [-0.05, 0) is 19.3 Å². The molecule has 0 aromatic rings. The van der Waals surface area contributed by atoms with Crippen molar-refractivity contribution in [1.29, 1.82) is 0 Å². The van der Waals surface area contributed by atoms with Crippen LogP contribution in [0.1, 0.15) is 47.5 Å². The third-order valence-electron chi connectivity index (χ3n) is 2.26. The number of hydrogen-bond acceptors (Lipinski definition) is 2. The van der Waals surface area contributed by atoms with Gasteiger partial charge in [0, 0.05) is 19.2 Å². The summed E-state index contributed by atoms with van der Waals surface area (Å²) in [5, 5.41) is 3.38. The van der Waals surface area contributed by atoms with Gasteiger partial charge < -0.3 is 10.1 Å². The zero-order valence-corrected chi connectivity index (χ0v) is 10.5. The Kier molecular flexibility index (Phi) is 8.20. The normalized spacial score (nSPS) is 15.9. The minimum Gasteiger partial charge on any atom is -0.377 e. The van der Waals surface area contributed by atoms with Gasteiger partial charge in [-0.1, -0.05) is 34.1 Å².